The maximum absolute atomic E-state index is 13.3. The van der Waals surface area contributed by atoms with Crippen molar-refractivity contribution < 1.29 is 23.9 Å². The van der Waals surface area contributed by atoms with Crippen molar-refractivity contribution >= 4 is 29.3 Å². The van der Waals surface area contributed by atoms with Gasteiger partial charge in [0.2, 0.25) is 23.6 Å². The van der Waals surface area contributed by atoms with Crippen molar-refractivity contribution in [3.05, 3.63) is 65.7 Å². The SMILES string of the molecule is CC1=CC(C2CC(=O)N(c3ccc(Oc4ccc(C)cc4)cc3)C2=O)CC2C(=O)N(C)C(=O)C12. The summed E-state index contributed by atoms with van der Waals surface area (Å²) in [4.78, 5) is 53.6. The number of carbonyl (C=O) groups excluding carboxylic acids is 4. The summed E-state index contributed by atoms with van der Waals surface area (Å²) < 4.78 is 5.84. The van der Waals surface area contributed by atoms with Gasteiger partial charge in [0.25, 0.3) is 0 Å². The zero-order valence-electron chi connectivity index (χ0n) is 19.4. The summed E-state index contributed by atoms with van der Waals surface area (Å²) in [6, 6.07) is 14.6. The molecule has 2 fully saturated rings. The molecule has 7 nitrogen and oxygen atoms in total. The Hall–Kier alpha value is -3.74. The highest BCUT2D eigenvalue weighted by Gasteiger charge is 2.52. The van der Waals surface area contributed by atoms with Gasteiger partial charge in [0.1, 0.15) is 11.5 Å². The van der Waals surface area contributed by atoms with Gasteiger partial charge in [0.15, 0.2) is 0 Å². The van der Waals surface area contributed by atoms with Crippen LogP contribution in [-0.2, 0) is 19.2 Å². The number of nitrogens with zero attached hydrogens (tertiary/aromatic N) is 2. The zero-order chi connectivity index (χ0) is 24.1. The number of likely N-dealkylation sites (tertiary alicyclic amines) is 1. The summed E-state index contributed by atoms with van der Waals surface area (Å²) in [7, 11) is 1.50. The minimum Gasteiger partial charge on any atom is -0.457 e. The Kier molecular flexibility index (Phi) is 5.35. The highest BCUT2D eigenvalue weighted by Crippen LogP contribution is 2.45. The van der Waals surface area contributed by atoms with E-state index in [-0.39, 0.29) is 36.0 Å². The number of fused-ring (bicyclic) bond motifs is 1. The van der Waals surface area contributed by atoms with Crippen LogP contribution in [0.3, 0.4) is 0 Å². The molecular formula is C27H26N2O5. The van der Waals surface area contributed by atoms with Gasteiger partial charge in [-0.15, -0.1) is 0 Å². The number of allylic oxidation sites excluding steroid dienone is 1. The lowest BCUT2D eigenvalue weighted by Gasteiger charge is -2.29. The minimum absolute atomic E-state index is 0.0876. The van der Waals surface area contributed by atoms with Crippen molar-refractivity contribution in [1.82, 2.24) is 4.90 Å². The minimum atomic E-state index is -0.541. The normalized spacial score (nSPS) is 26.7. The number of hydrogen-bond acceptors (Lipinski definition) is 5. The van der Waals surface area contributed by atoms with E-state index in [0.29, 0.717) is 23.6 Å². The van der Waals surface area contributed by atoms with Gasteiger partial charge in [-0.25, -0.2) is 0 Å². The Balaban J connectivity index is 1.33. The van der Waals surface area contributed by atoms with Crippen molar-refractivity contribution in [3.8, 4) is 11.5 Å². The van der Waals surface area contributed by atoms with Crippen molar-refractivity contribution in [1.29, 1.82) is 0 Å². The maximum atomic E-state index is 13.3. The van der Waals surface area contributed by atoms with Crippen molar-refractivity contribution in [3.63, 3.8) is 0 Å². The van der Waals surface area contributed by atoms with Gasteiger partial charge in [-0.3, -0.25) is 29.0 Å². The first-order valence-corrected chi connectivity index (χ1v) is 11.5. The molecule has 174 valence electrons. The van der Waals surface area contributed by atoms with Gasteiger partial charge in [0, 0.05) is 13.5 Å². The fourth-order valence-electron chi connectivity index (χ4n) is 5.38. The van der Waals surface area contributed by atoms with E-state index in [4.69, 9.17) is 4.74 Å². The number of imide groups is 2. The van der Waals surface area contributed by atoms with Crippen LogP contribution in [0.1, 0.15) is 25.3 Å². The lowest BCUT2D eigenvalue weighted by Crippen LogP contribution is -2.35. The second-order valence-electron chi connectivity index (χ2n) is 9.42. The standard InChI is InChI=1S/C27H26N2O5/c1-15-4-8-19(9-5-15)34-20-10-6-18(7-11-20)29-23(30)14-21(26(29)32)17-12-16(2)24-22(13-17)25(31)28(3)27(24)33/h4-12,17,21-22,24H,13-14H2,1-3H3. The van der Waals surface area contributed by atoms with Crippen LogP contribution in [0.5, 0.6) is 11.5 Å². The lowest BCUT2D eigenvalue weighted by atomic mass is 9.71. The topological polar surface area (TPSA) is 84.0 Å². The summed E-state index contributed by atoms with van der Waals surface area (Å²) in [5.41, 5.74) is 2.44. The fourth-order valence-corrected chi connectivity index (χ4v) is 5.38. The number of ether oxygens (including phenoxy) is 1. The van der Waals surface area contributed by atoms with Gasteiger partial charge >= 0.3 is 0 Å². The lowest BCUT2D eigenvalue weighted by molar-refractivity contribution is -0.138. The monoisotopic (exact) mass is 458 g/mol. The Labute approximate surface area is 198 Å². The number of hydrogen-bond donors (Lipinski definition) is 0. The van der Waals surface area contributed by atoms with Crippen molar-refractivity contribution in [2.24, 2.45) is 23.7 Å². The molecule has 0 saturated carbocycles. The molecule has 4 atom stereocenters. The highest BCUT2D eigenvalue weighted by atomic mass is 16.5. The molecule has 5 rings (SSSR count). The van der Waals surface area contributed by atoms with Crippen LogP contribution < -0.4 is 9.64 Å². The second kappa shape index (κ2) is 8.24. The molecule has 0 spiro atoms. The number of benzene rings is 2. The predicted molar refractivity (Wildman–Crippen MR) is 125 cm³/mol. The van der Waals surface area contributed by atoms with Gasteiger partial charge in [-0.05, 0) is 62.6 Å². The van der Waals surface area contributed by atoms with Crippen LogP contribution >= 0.6 is 0 Å². The number of aryl methyl sites for hydroxylation is 1. The molecule has 4 unspecified atom stereocenters. The molecule has 2 aliphatic heterocycles. The summed E-state index contributed by atoms with van der Waals surface area (Å²) in [5, 5.41) is 0. The molecule has 1 aliphatic carbocycles. The van der Waals surface area contributed by atoms with E-state index in [2.05, 4.69) is 0 Å². The largest absolute Gasteiger partial charge is 0.457 e. The number of anilines is 1. The third kappa shape index (κ3) is 3.61. The first kappa shape index (κ1) is 22.1. The Morgan fingerprint density at radius 1 is 0.794 bits per heavy atom. The molecule has 2 heterocycles. The van der Waals surface area contributed by atoms with Crippen LogP contribution in [0, 0.1) is 30.6 Å². The number of carbonyl (C=O) groups is 4. The van der Waals surface area contributed by atoms with Crippen LogP contribution in [-0.4, -0.2) is 35.6 Å². The number of rotatable bonds is 4. The summed E-state index contributed by atoms with van der Waals surface area (Å²) in [6.07, 6.45) is 2.41. The smallest absolute Gasteiger partial charge is 0.237 e. The first-order valence-electron chi connectivity index (χ1n) is 11.5. The van der Waals surface area contributed by atoms with Gasteiger partial charge in [-0.1, -0.05) is 29.3 Å². The van der Waals surface area contributed by atoms with E-state index in [1.807, 2.05) is 44.2 Å². The van der Waals surface area contributed by atoms with Crippen molar-refractivity contribution in [2.75, 3.05) is 11.9 Å². The number of amides is 4. The van der Waals surface area contributed by atoms with E-state index in [9.17, 15) is 19.2 Å². The van der Waals surface area contributed by atoms with E-state index >= 15 is 0 Å². The zero-order valence-corrected chi connectivity index (χ0v) is 19.4. The highest BCUT2D eigenvalue weighted by molar-refractivity contribution is 6.21. The second-order valence-corrected chi connectivity index (χ2v) is 9.42. The maximum Gasteiger partial charge on any atom is 0.237 e. The fraction of sp³-hybridized carbons (Fsp3) is 0.333. The van der Waals surface area contributed by atoms with Crippen LogP contribution in [0.15, 0.2) is 60.2 Å². The average Bonchev–Trinajstić information content (AvgIpc) is 3.24. The van der Waals surface area contributed by atoms with E-state index in [0.717, 1.165) is 11.1 Å². The molecular weight excluding hydrogens is 432 g/mol. The Morgan fingerprint density at radius 3 is 2.06 bits per heavy atom. The molecule has 0 bridgehead atoms. The molecule has 2 aromatic carbocycles. The van der Waals surface area contributed by atoms with Gasteiger partial charge < -0.3 is 4.74 Å². The first-order chi connectivity index (χ1) is 16.2. The molecule has 0 radical (unpaired) electrons. The van der Waals surface area contributed by atoms with Crippen molar-refractivity contribution in [2.45, 2.75) is 26.7 Å². The van der Waals surface area contributed by atoms with Gasteiger partial charge in [0.05, 0.1) is 23.4 Å². The summed E-state index contributed by atoms with van der Waals surface area (Å²) in [6.45, 7) is 3.84. The molecule has 2 aromatic rings. The van der Waals surface area contributed by atoms with Crippen LogP contribution in [0.2, 0.25) is 0 Å². The Morgan fingerprint density at radius 2 is 1.41 bits per heavy atom. The Bertz CT molecular complexity index is 1210. The van der Waals surface area contributed by atoms with Gasteiger partial charge in [-0.2, -0.15) is 0 Å². The van der Waals surface area contributed by atoms with E-state index in [1.54, 1.807) is 24.3 Å². The molecule has 3 aliphatic rings. The van der Waals surface area contributed by atoms with Crippen LogP contribution in [0.4, 0.5) is 5.69 Å². The molecule has 2 saturated heterocycles. The molecule has 7 heteroatoms. The third-order valence-corrected chi connectivity index (χ3v) is 7.19. The predicted octanol–water partition coefficient (Wildman–Crippen LogP) is 3.86. The molecule has 34 heavy (non-hydrogen) atoms. The summed E-state index contributed by atoms with van der Waals surface area (Å²) >= 11 is 0. The summed E-state index contributed by atoms with van der Waals surface area (Å²) in [5.74, 6) is -1.31. The average molecular weight is 459 g/mol. The van der Waals surface area contributed by atoms with Crippen LogP contribution in [0.25, 0.3) is 0 Å². The molecule has 4 amide bonds. The third-order valence-electron chi connectivity index (χ3n) is 7.19. The quantitative estimate of drug-likeness (QED) is 0.513. The van der Waals surface area contributed by atoms with E-state index < -0.39 is 17.8 Å². The molecule has 0 N–H and O–H groups in total. The van der Waals surface area contributed by atoms with E-state index in [1.165, 1.54) is 16.8 Å². The molecule has 0 aromatic heterocycles.